The van der Waals surface area contributed by atoms with E-state index in [0.29, 0.717) is 5.69 Å². The van der Waals surface area contributed by atoms with Crippen LogP contribution in [0.2, 0.25) is 0 Å². The number of nitriles is 1. The SMILES string of the molecule is Cn1cc(-c2ccc(F)cc2)c(C#N)n1. The summed E-state index contributed by atoms with van der Waals surface area (Å²) in [6, 6.07) is 8.00. The molecule has 0 amide bonds. The summed E-state index contributed by atoms with van der Waals surface area (Å²) in [7, 11) is 1.74. The van der Waals surface area contributed by atoms with Crippen molar-refractivity contribution < 1.29 is 4.39 Å². The van der Waals surface area contributed by atoms with Crippen LogP contribution in [0.1, 0.15) is 5.69 Å². The van der Waals surface area contributed by atoms with Crippen LogP contribution in [0.3, 0.4) is 0 Å². The summed E-state index contributed by atoms with van der Waals surface area (Å²) >= 11 is 0. The average molecular weight is 201 g/mol. The number of hydrogen-bond donors (Lipinski definition) is 0. The third-order valence-electron chi connectivity index (χ3n) is 2.09. The van der Waals surface area contributed by atoms with Crippen LogP contribution < -0.4 is 0 Å². The zero-order valence-corrected chi connectivity index (χ0v) is 8.11. The first-order valence-corrected chi connectivity index (χ1v) is 4.40. The van der Waals surface area contributed by atoms with Crippen molar-refractivity contribution in [2.24, 2.45) is 7.05 Å². The third-order valence-corrected chi connectivity index (χ3v) is 2.09. The Morgan fingerprint density at radius 1 is 1.33 bits per heavy atom. The molecule has 74 valence electrons. The molecule has 0 fully saturated rings. The van der Waals surface area contributed by atoms with Crippen molar-refractivity contribution in [2.75, 3.05) is 0 Å². The van der Waals surface area contributed by atoms with Gasteiger partial charge >= 0.3 is 0 Å². The second-order valence-corrected chi connectivity index (χ2v) is 3.18. The van der Waals surface area contributed by atoms with Crippen molar-refractivity contribution in [3.05, 3.63) is 42.0 Å². The van der Waals surface area contributed by atoms with Gasteiger partial charge in [-0.25, -0.2) is 4.39 Å². The Kier molecular flexibility index (Phi) is 2.22. The maximum Gasteiger partial charge on any atom is 0.170 e. The van der Waals surface area contributed by atoms with E-state index in [1.807, 2.05) is 6.07 Å². The lowest BCUT2D eigenvalue weighted by atomic mass is 10.1. The largest absolute Gasteiger partial charge is 0.274 e. The predicted molar refractivity (Wildman–Crippen MR) is 53.3 cm³/mol. The maximum absolute atomic E-state index is 12.7. The Morgan fingerprint density at radius 3 is 2.60 bits per heavy atom. The molecule has 1 heterocycles. The summed E-state index contributed by atoms with van der Waals surface area (Å²) < 4.78 is 14.3. The highest BCUT2D eigenvalue weighted by Crippen LogP contribution is 2.22. The van der Waals surface area contributed by atoms with E-state index in [2.05, 4.69) is 5.10 Å². The zero-order chi connectivity index (χ0) is 10.8. The molecule has 2 aromatic rings. The van der Waals surface area contributed by atoms with Crippen molar-refractivity contribution in [1.29, 1.82) is 5.26 Å². The first-order valence-electron chi connectivity index (χ1n) is 4.40. The Bertz CT molecular complexity index is 520. The molecule has 0 atom stereocenters. The van der Waals surface area contributed by atoms with Crippen LogP contribution in [0.5, 0.6) is 0 Å². The second kappa shape index (κ2) is 3.54. The quantitative estimate of drug-likeness (QED) is 0.709. The Hall–Kier alpha value is -2.15. The van der Waals surface area contributed by atoms with E-state index in [1.54, 1.807) is 30.1 Å². The van der Waals surface area contributed by atoms with Crippen LogP contribution in [-0.2, 0) is 7.05 Å². The Labute approximate surface area is 86.4 Å². The van der Waals surface area contributed by atoms with Gasteiger partial charge in [-0.15, -0.1) is 0 Å². The number of aryl methyl sites for hydroxylation is 1. The number of nitrogens with zero attached hydrogens (tertiary/aromatic N) is 3. The minimum atomic E-state index is -0.291. The van der Waals surface area contributed by atoms with Gasteiger partial charge in [-0.2, -0.15) is 10.4 Å². The zero-order valence-electron chi connectivity index (χ0n) is 8.11. The molecule has 0 aliphatic carbocycles. The summed E-state index contributed by atoms with van der Waals surface area (Å²) in [5, 5.41) is 12.8. The number of hydrogen-bond acceptors (Lipinski definition) is 2. The molecule has 0 bridgehead atoms. The topological polar surface area (TPSA) is 41.6 Å². The Balaban J connectivity index is 2.54. The van der Waals surface area contributed by atoms with Crippen LogP contribution in [-0.4, -0.2) is 9.78 Å². The van der Waals surface area contributed by atoms with Gasteiger partial charge in [0.2, 0.25) is 0 Å². The molecular formula is C11H8FN3. The first-order chi connectivity index (χ1) is 7.20. The molecule has 0 spiro atoms. The molecule has 1 aromatic carbocycles. The van der Waals surface area contributed by atoms with Gasteiger partial charge in [-0.1, -0.05) is 12.1 Å². The average Bonchev–Trinajstić information content (AvgIpc) is 2.61. The van der Waals surface area contributed by atoms with E-state index in [-0.39, 0.29) is 5.82 Å². The van der Waals surface area contributed by atoms with Crippen LogP contribution >= 0.6 is 0 Å². The highest BCUT2D eigenvalue weighted by Gasteiger charge is 2.08. The summed E-state index contributed by atoms with van der Waals surface area (Å²) in [6.07, 6.45) is 1.74. The standard InChI is InChI=1S/C11H8FN3/c1-15-7-10(11(6-13)14-15)8-2-4-9(12)5-3-8/h2-5,7H,1H3. The molecule has 2 rings (SSSR count). The van der Waals surface area contributed by atoms with Gasteiger partial charge in [0.15, 0.2) is 5.69 Å². The van der Waals surface area contributed by atoms with Crippen molar-refractivity contribution >= 4 is 0 Å². The molecular weight excluding hydrogens is 193 g/mol. The number of benzene rings is 1. The minimum Gasteiger partial charge on any atom is -0.274 e. The molecule has 0 unspecified atom stereocenters. The van der Waals surface area contributed by atoms with E-state index in [0.717, 1.165) is 11.1 Å². The second-order valence-electron chi connectivity index (χ2n) is 3.18. The molecule has 0 aliphatic rings. The van der Waals surface area contributed by atoms with Gasteiger partial charge in [0.1, 0.15) is 11.9 Å². The molecule has 15 heavy (non-hydrogen) atoms. The fourth-order valence-corrected chi connectivity index (χ4v) is 1.41. The third kappa shape index (κ3) is 1.72. The van der Waals surface area contributed by atoms with Crippen LogP contribution in [0.15, 0.2) is 30.5 Å². The maximum atomic E-state index is 12.7. The lowest BCUT2D eigenvalue weighted by Gasteiger charge is -1.96. The van der Waals surface area contributed by atoms with E-state index in [1.165, 1.54) is 12.1 Å². The number of halogens is 1. The number of rotatable bonds is 1. The van der Waals surface area contributed by atoms with Crippen molar-refractivity contribution in [3.63, 3.8) is 0 Å². The monoisotopic (exact) mass is 201 g/mol. The van der Waals surface area contributed by atoms with Crippen molar-refractivity contribution in [1.82, 2.24) is 9.78 Å². The predicted octanol–water partition coefficient (Wildman–Crippen LogP) is 2.10. The molecule has 0 saturated heterocycles. The normalized spacial score (nSPS) is 9.93. The van der Waals surface area contributed by atoms with E-state index < -0.39 is 0 Å². The van der Waals surface area contributed by atoms with Gasteiger partial charge < -0.3 is 0 Å². The molecule has 0 aliphatic heterocycles. The van der Waals surface area contributed by atoms with Gasteiger partial charge in [-0.05, 0) is 17.7 Å². The Morgan fingerprint density at radius 2 is 2.00 bits per heavy atom. The number of aromatic nitrogens is 2. The highest BCUT2D eigenvalue weighted by atomic mass is 19.1. The summed E-state index contributed by atoms with van der Waals surface area (Å²) in [4.78, 5) is 0. The molecule has 0 saturated carbocycles. The molecule has 0 radical (unpaired) electrons. The molecule has 4 heteroatoms. The van der Waals surface area contributed by atoms with E-state index in [4.69, 9.17) is 5.26 Å². The fourth-order valence-electron chi connectivity index (χ4n) is 1.41. The lowest BCUT2D eigenvalue weighted by molar-refractivity contribution is 0.628. The van der Waals surface area contributed by atoms with Crippen molar-refractivity contribution in [3.8, 4) is 17.2 Å². The van der Waals surface area contributed by atoms with Gasteiger partial charge in [0.05, 0.1) is 0 Å². The first kappa shape index (κ1) is 9.41. The van der Waals surface area contributed by atoms with E-state index >= 15 is 0 Å². The van der Waals surface area contributed by atoms with Gasteiger partial charge in [0.25, 0.3) is 0 Å². The summed E-state index contributed by atoms with van der Waals surface area (Å²) in [6.45, 7) is 0. The van der Waals surface area contributed by atoms with Crippen molar-refractivity contribution in [2.45, 2.75) is 0 Å². The minimum absolute atomic E-state index is 0.291. The van der Waals surface area contributed by atoms with E-state index in [9.17, 15) is 4.39 Å². The van der Waals surface area contributed by atoms with Crippen LogP contribution in [0, 0.1) is 17.1 Å². The lowest BCUT2D eigenvalue weighted by Crippen LogP contribution is -1.86. The highest BCUT2D eigenvalue weighted by molar-refractivity contribution is 5.67. The summed E-state index contributed by atoms with van der Waals surface area (Å²) in [5.74, 6) is -0.291. The molecule has 0 N–H and O–H groups in total. The molecule has 3 nitrogen and oxygen atoms in total. The molecule has 1 aromatic heterocycles. The summed E-state index contributed by atoms with van der Waals surface area (Å²) in [5.41, 5.74) is 1.87. The van der Waals surface area contributed by atoms with Gasteiger partial charge in [0, 0.05) is 18.8 Å². The smallest absolute Gasteiger partial charge is 0.170 e. The fraction of sp³-hybridized carbons (Fsp3) is 0.0909. The van der Waals surface area contributed by atoms with Gasteiger partial charge in [-0.3, -0.25) is 4.68 Å². The van der Waals surface area contributed by atoms with Crippen LogP contribution in [0.25, 0.3) is 11.1 Å². The van der Waals surface area contributed by atoms with Crippen LogP contribution in [0.4, 0.5) is 4.39 Å².